The summed E-state index contributed by atoms with van der Waals surface area (Å²) < 4.78 is 0. The minimum Gasteiger partial charge on any atom is -0.356 e. The first-order valence-corrected chi connectivity index (χ1v) is 8.03. The number of hydrogen-bond acceptors (Lipinski definition) is 2. The van der Waals surface area contributed by atoms with Gasteiger partial charge in [0, 0.05) is 39.3 Å². The molecule has 0 atom stereocenters. The fourth-order valence-electron chi connectivity index (χ4n) is 2.60. The van der Waals surface area contributed by atoms with E-state index in [9.17, 15) is 0 Å². The zero-order valence-corrected chi connectivity index (χ0v) is 12.2. The molecule has 3 rings (SSSR count). The molecule has 0 aromatic rings. The van der Waals surface area contributed by atoms with Crippen LogP contribution in [0.1, 0.15) is 38.5 Å². The Morgan fingerprint density at radius 2 is 1.79 bits per heavy atom. The van der Waals surface area contributed by atoms with Crippen molar-refractivity contribution in [3.05, 3.63) is 0 Å². The van der Waals surface area contributed by atoms with E-state index in [4.69, 9.17) is 0 Å². The van der Waals surface area contributed by atoms with Crippen LogP contribution in [0.5, 0.6) is 0 Å². The van der Waals surface area contributed by atoms with Crippen LogP contribution >= 0.6 is 0 Å². The molecule has 0 aromatic carbocycles. The maximum absolute atomic E-state index is 4.29. The molecule has 19 heavy (non-hydrogen) atoms. The van der Waals surface area contributed by atoms with Gasteiger partial charge >= 0.3 is 0 Å². The molecule has 0 aliphatic heterocycles. The molecule has 0 heterocycles. The van der Waals surface area contributed by atoms with Gasteiger partial charge in [-0.2, -0.15) is 0 Å². The van der Waals surface area contributed by atoms with Crippen molar-refractivity contribution in [3.8, 4) is 0 Å². The van der Waals surface area contributed by atoms with Gasteiger partial charge in [-0.25, -0.2) is 0 Å². The monoisotopic (exact) mass is 264 g/mol. The van der Waals surface area contributed by atoms with Gasteiger partial charge in [0.25, 0.3) is 0 Å². The summed E-state index contributed by atoms with van der Waals surface area (Å²) in [6.07, 6.45) is 8.53. The lowest BCUT2D eigenvalue weighted by atomic mass is 10.3. The molecule has 0 amide bonds. The molecule has 0 radical (unpaired) electrons. The molecule has 0 bridgehead atoms. The summed E-state index contributed by atoms with van der Waals surface area (Å²) in [5, 5.41) is 6.88. The van der Waals surface area contributed by atoms with Crippen LogP contribution in [0.25, 0.3) is 0 Å². The second-order valence-corrected chi connectivity index (χ2v) is 6.49. The number of rotatable bonds is 8. The summed E-state index contributed by atoms with van der Waals surface area (Å²) >= 11 is 0. The number of guanidine groups is 1. The van der Waals surface area contributed by atoms with Gasteiger partial charge in [-0.1, -0.05) is 0 Å². The van der Waals surface area contributed by atoms with Crippen molar-refractivity contribution in [1.29, 1.82) is 0 Å². The lowest BCUT2D eigenvalue weighted by molar-refractivity contribution is 0.256. The average molecular weight is 264 g/mol. The molecule has 4 nitrogen and oxygen atoms in total. The number of nitrogens with zero attached hydrogens (tertiary/aromatic N) is 2. The molecule has 2 N–H and O–H groups in total. The topological polar surface area (TPSA) is 39.7 Å². The molecule has 3 aliphatic rings. The van der Waals surface area contributed by atoms with Gasteiger partial charge in [0.2, 0.25) is 0 Å². The second-order valence-electron chi connectivity index (χ2n) is 6.49. The Morgan fingerprint density at radius 1 is 1.05 bits per heavy atom. The Hall–Kier alpha value is -0.770. The zero-order valence-electron chi connectivity index (χ0n) is 12.2. The van der Waals surface area contributed by atoms with E-state index in [1.54, 1.807) is 0 Å². The minimum absolute atomic E-state index is 0.892. The van der Waals surface area contributed by atoms with E-state index in [2.05, 4.69) is 20.5 Å². The smallest absolute Gasteiger partial charge is 0.191 e. The van der Waals surface area contributed by atoms with E-state index in [0.717, 1.165) is 36.9 Å². The quantitative estimate of drug-likeness (QED) is 0.515. The standard InChI is InChI=1S/C15H28N4/c1-16-15(18-10-12-2-3-12)17-8-9-19(14-6-7-14)11-13-4-5-13/h12-14H,2-11H2,1H3,(H2,16,17,18). The second kappa shape index (κ2) is 6.12. The largest absolute Gasteiger partial charge is 0.356 e. The molecule has 0 unspecified atom stereocenters. The Bertz CT molecular complexity index is 316. The van der Waals surface area contributed by atoms with Crippen molar-refractivity contribution in [2.45, 2.75) is 44.6 Å². The lowest BCUT2D eigenvalue weighted by Gasteiger charge is -2.22. The van der Waals surface area contributed by atoms with E-state index in [1.165, 1.54) is 51.6 Å². The molecule has 3 fully saturated rings. The van der Waals surface area contributed by atoms with E-state index in [0.29, 0.717) is 0 Å². The van der Waals surface area contributed by atoms with E-state index >= 15 is 0 Å². The first kappa shape index (κ1) is 13.2. The van der Waals surface area contributed by atoms with Crippen molar-refractivity contribution >= 4 is 5.96 Å². The summed E-state index contributed by atoms with van der Waals surface area (Å²) in [7, 11) is 1.87. The van der Waals surface area contributed by atoms with Crippen molar-refractivity contribution in [1.82, 2.24) is 15.5 Å². The predicted octanol–water partition coefficient (Wildman–Crippen LogP) is 1.44. The van der Waals surface area contributed by atoms with Crippen LogP contribution in [0.2, 0.25) is 0 Å². The Morgan fingerprint density at radius 3 is 2.37 bits per heavy atom. The van der Waals surface area contributed by atoms with Gasteiger partial charge in [0.15, 0.2) is 5.96 Å². The van der Waals surface area contributed by atoms with Gasteiger partial charge in [-0.3, -0.25) is 9.89 Å². The highest BCUT2D eigenvalue weighted by molar-refractivity contribution is 5.79. The highest BCUT2D eigenvalue weighted by Crippen LogP contribution is 2.34. The average Bonchev–Trinajstić information content (AvgIpc) is 3.29. The summed E-state index contributed by atoms with van der Waals surface area (Å²) in [5.41, 5.74) is 0. The van der Waals surface area contributed by atoms with Crippen molar-refractivity contribution in [2.75, 3.05) is 33.2 Å². The van der Waals surface area contributed by atoms with Gasteiger partial charge in [-0.05, 0) is 50.4 Å². The van der Waals surface area contributed by atoms with Crippen LogP contribution in [-0.2, 0) is 0 Å². The summed E-state index contributed by atoms with van der Waals surface area (Å²) in [5.74, 6) is 2.89. The van der Waals surface area contributed by atoms with Crippen LogP contribution in [0.15, 0.2) is 4.99 Å². The molecular formula is C15H28N4. The first-order chi connectivity index (χ1) is 9.35. The number of hydrogen-bond donors (Lipinski definition) is 2. The SMILES string of the molecule is CN=C(NCCN(CC1CC1)C1CC1)NCC1CC1. The molecule has 4 heteroatoms. The molecule has 3 aliphatic carbocycles. The third-order valence-corrected chi connectivity index (χ3v) is 4.42. The molecule has 0 aromatic heterocycles. The predicted molar refractivity (Wildman–Crippen MR) is 79.4 cm³/mol. The van der Waals surface area contributed by atoms with Gasteiger partial charge in [-0.15, -0.1) is 0 Å². The molecule has 108 valence electrons. The van der Waals surface area contributed by atoms with Crippen LogP contribution in [0.4, 0.5) is 0 Å². The van der Waals surface area contributed by atoms with Gasteiger partial charge in [0.05, 0.1) is 0 Å². The van der Waals surface area contributed by atoms with E-state index < -0.39 is 0 Å². The summed E-state index contributed by atoms with van der Waals surface area (Å²) in [6, 6.07) is 0.892. The molecule has 3 saturated carbocycles. The van der Waals surface area contributed by atoms with E-state index in [-0.39, 0.29) is 0 Å². The number of aliphatic imine (C=N–C) groups is 1. The van der Waals surface area contributed by atoms with Crippen molar-refractivity contribution in [2.24, 2.45) is 16.8 Å². The third-order valence-electron chi connectivity index (χ3n) is 4.42. The zero-order chi connectivity index (χ0) is 13.1. The Balaban J connectivity index is 1.32. The highest BCUT2D eigenvalue weighted by Gasteiger charge is 2.33. The normalized spacial score (nSPS) is 23.8. The maximum Gasteiger partial charge on any atom is 0.191 e. The third kappa shape index (κ3) is 4.68. The van der Waals surface area contributed by atoms with Crippen LogP contribution in [-0.4, -0.2) is 50.1 Å². The minimum atomic E-state index is 0.892. The van der Waals surface area contributed by atoms with Gasteiger partial charge < -0.3 is 10.6 Å². The fraction of sp³-hybridized carbons (Fsp3) is 0.933. The van der Waals surface area contributed by atoms with Crippen molar-refractivity contribution < 1.29 is 0 Å². The fourth-order valence-corrected chi connectivity index (χ4v) is 2.60. The summed E-state index contributed by atoms with van der Waals surface area (Å²) in [6.45, 7) is 4.62. The molecular weight excluding hydrogens is 236 g/mol. The van der Waals surface area contributed by atoms with Gasteiger partial charge in [0.1, 0.15) is 0 Å². The summed E-state index contributed by atoms with van der Waals surface area (Å²) in [4.78, 5) is 6.99. The highest BCUT2D eigenvalue weighted by atomic mass is 15.2. The Labute approximate surface area is 117 Å². The molecule has 0 saturated heterocycles. The maximum atomic E-state index is 4.29. The van der Waals surface area contributed by atoms with Crippen LogP contribution in [0.3, 0.4) is 0 Å². The molecule has 0 spiro atoms. The first-order valence-electron chi connectivity index (χ1n) is 8.03. The Kier molecular flexibility index (Phi) is 4.26. The lowest BCUT2D eigenvalue weighted by Crippen LogP contribution is -2.43. The van der Waals surface area contributed by atoms with E-state index in [1.807, 2.05) is 7.05 Å². The number of nitrogens with one attached hydrogen (secondary N) is 2. The van der Waals surface area contributed by atoms with Crippen molar-refractivity contribution in [3.63, 3.8) is 0 Å². The van der Waals surface area contributed by atoms with Crippen LogP contribution < -0.4 is 10.6 Å². The van der Waals surface area contributed by atoms with Crippen LogP contribution in [0, 0.1) is 11.8 Å².